The summed E-state index contributed by atoms with van der Waals surface area (Å²) in [5.74, 6) is -0.509. The Hall–Kier alpha value is -2.41. The number of anilines is 1. The van der Waals surface area contributed by atoms with Gasteiger partial charge in [-0.3, -0.25) is 4.79 Å². The predicted octanol–water partition coefficient (Wildman–Crippen LogP) is 3.97. The summed E-state index contributed by atoms with van der Waals surface area (Å²) < 4.78 is 13.8. The van der Waals surface area contributed by atoms with Gasteiger partial charge in [0.2, 0.25) is 0 Å². The zero-order chi connectivity index (χ0) is 18.5. The van der Waals surface area contributed by atoms with Crippen LogP contribution in [0.25, 0.3) is 0 Å². The van der Waals surface area contributed by atoms with E-state index in [2.05, 4.69) is 21.2 Å². The number of amides is 3. The zero-order valence-electron chi connectivity index (χ0n) is 14.1. The highest BCUT2D eigenvalue weighted by atomic mass is 79.9. The molecule has 0 spiro atoms. The van der Waals surface area contributed by atoms with Crippen LogP contribution in [0.1, 0.15) is 16.8 Å². The maximum absolute atomic E-state index is 13.0. The minimum atomic E-state index is -0.368. The van der Waals surface area contributed by atoms with Gasteiger partial charge in [0.05, 0.1) is 5.69 Å². The lowest BCUT2D eigenvalue weighted by atomic mass is 10.2. The Balaban J connectivity index is 1.61. The molecule has 26 heavy (non-hydrogen) atoms. The largest absolute Gasteiger partial charge is 0.337 e. The number of nitrogens with one attached hydrogen (secondary N) is 1. The highest BCUT2D eigenvalue weighted by Crippen LogP contribution is 2.21. The van der Waals surface area contributed by atoms with E-state index in [9.17, 15) is 14.0 Å². The molecule has 0 unspecified atom stereocenters. The molecule has 0 atom stereocenters. The summed E-state index contributed by atoms with van der Waals surface area (Å²) >= 11 is 3.41. The first kappa shape index (κ1) is 18.4. The van der Waals surface area contributed by atoms with Gasteiger partial charge in [0.1, 0.15) is 5.82 Å². The minimum Gasteiger partial charge on any atom is -0.337 e. The van der Waals surface area contributed by atoms with Gasteiger partial charge in [-0.25, -0.2) is 9.18 Å². The molecule has 1 aliphatic heterocycles. The Bertz CT molecular complexity index is 798. The van der Waals surface area contributed by atoms with Gasteiger partial charge in [0.15, 0.2) is 0 Å². The maximum atomic E-state index is 13.0. The van der Waals surface area contributed by atoms with E-state index >= 15 is 0 Å². The third-order valence-corrected chi connectivity index (χ3v) is 4.97. The van der Waals surface area contributed by atoms with Crippen LogP contribution in [0.3, 0.4) is 0 Å². The van der Waals surface area contributed by atoms with E-state index in [4.69, 9.17) is 0 Å². The summed E-state index contributed by atoms with van der Waals surface area (Å²) in [6, 6.07) is 12.8. The molecule has 1 fully saturated rings. The Morgan fingerprint density at radius 1 is 0.923 bits per heavy atom. The first-order valence-electron chi connectivity index (χ1n) is 8.40. The summed E-state index contributed by atoms with van der Waals surface area (Å²) in [4.78, 5) is 28.5. The van der Waals surface area contributed by atoms with Crippen molar-refractivity contribution in [1.29, 1.82) is 0 Å². The number of benzene rings is 2. The molecule has 3 rings (SSSR count). The van der Waals surface area contributed by atoms with Gasteiger partial charge in [0, 0.05) is 36.2 Å². The smallest absolute Gasteiger partial charge is 0.321 e. The van der Waals surface area contributed by atoms with E-state index in [1.54, 1.807) is 9.80 Å². The molecule has 1 saturated heterocycles. The van der Waals surface area contributed by atoms with E-state index in [1.807, 2.05) is 24.3 Å². The van der Waals surface area contributed by atoms with Crippen molar-refractivity contribution < 1.29 is 14.0 Å². The predicted molar refractivity (Wildman–Crippen MR) is 102 cm³/mol. The van der Waals surface area contributed by atoms with Crippen molar-refractivity contribution >= 4 is 33.6 Å². The molecule has 1 heterocycles. The molecule has 7 heteroatoms. The fourth-order valence-electron chi connectivity index (χ4n) is 2.86. The van der Waals surface area contributed by atoms with Crippen LogP contribution >= 0.6 is 15.9 Å². The van der Waals surface area contributed by atoms with Gasteiger partial charge in [-0.2, -0.15) is 0 Å². The van der Waals surface area contributed by atoms with Crippen LogP contribution in [0.15, 0.2) is 53.0 Å². The molecule has 0 aliphatic carbocycles. The summed E-state index contributed by atoms with van der Waals surface area (Å²) in [5, 5.41) is 2.88. The lowest BCUT2D eigenvalue weighted by Crippen LogP contribution is -2.39. The number of para-hydroxylation sites is 1. The third-order valence-electron chi connectivity index (χ3n) is 4.28. The monoisotopic (exact) mass is 419 g/mol. The maximum Gasteiger partial charge on any atom is 0.321 e. The average molecular weight is 420 g/mol. The minimum absolute atomic E-state index is 0.141. The standard InChI is InChI=1S/C19H19BrFN3O2/c20-16-4-1-2-5-17(16)22-19(26)24-11-3-10-23(12-13-24)18(25)14-6-8-15(21)9-7-14/h1-2,4-9H,3,10-13H2,(H,22,26). The summed E-state index contributed by atoms with van der Waals surface area (Å²) in [5.41, 5.74) is 1.17. The first-order valence-corrected chi connectivity index (χ1v) is 9.19. The molecule has 2 aromatic carbocycles. The van der Waals surface area contributed by atoms with Gasteiger partial charge in [-0.05, 0) is 58.7 Å². The average Bonchev–Trinajstić information content (AvgIpc) is 2.90. The zero-order valence-corrected chi connectivity index (χ0v) is 15.7. The van der Waals surface area contributed by atoms with Gasteiger partial charge in [-0.15, -0.1) is 0 Å². The van der Waals surface area contributed by atoms with E-state index in [0.717, 1.165) is 4.47 Å². The van der Waals surface area contributed by atoms with Crippen molar-refractivity contribution in [2.45, 2.75) is 6.42 Å². The Morgan fingerprint density at radius 2 is 1.58 bits per heavy atom. The highest BCUT2D eigenvalue weighted by molar-refractivity contribution is 9.10. The van der Waals surface area contributed by atoms with Crippen LogP contribution in [0.2, 0.25) is 0 Å². The first-order chi connectivity index (χ1) is 12.5. The lowest BCUT2D eigenvalue weighted by Gasteiger charge is -2.22. The SMILES string of the molecule is O=C(Nc1ccccc1Br)N1CCCN(C(=O)c2ccc(F)cc2)CC1. The van der Waals surface area contributed by atoms with Crippen LogP contribution in [0.4, 0.5) is 14.9 Å². The second kappa shape index (κ2) is 8.31. The molecule has 1 aliphatic rings. The van der Waals surface area contributed by atoms with E-state index in [0.29, 0.717) is 43.9 Å². The molecular weight excluding hydrogens is 401 g/mol. The third kappa shape index (κ3) is 4.40. The number of nitrogens with zero attached hydrogens (tertiary/aromatic N) is 2. The summed E-state index contributed by atoms with van der Waals surface area (Å²) in [6.07, 6.45) is 0.691. The molecule has 5 nitrogen and oxygen atoms in total. The fourth-order valence-corrected chi connectivity index (χ4v) is 3.24. The fraction of sp³-hybridized carbons (Fsp3) is 0.263. The van der Waals surface area contributed by atoms with E-state index in [-0.39, 0.29) is 17.8 Å². The number of carbonyl (C=O) groups excluding carboxylic acids is 2. The van der Waals surface area contributed by atoms with Crippen LogP contribution in [-0.2, 0) is 0 Å². The van der Waals surface area contributed by atoms with Crippen LogP contribution in [-0.4, -0.2) is 47.9 Å². The molecule has 0 saturated carbocycles. The summed E-state index contributed by atoms with van der Waals surface area (Å²) in [6.45, 7) is 2.03. The Labute approximate surface area is 159 Å². The molecular formula is C19H19BrFN3O2. The Kier molecular flexibility index (Phi) is 5.88. The van der Waals surface area contributed by atoms with Crippen molar-refractivity contribution in [2.24, 2.45) is 0 Å². The van der Waals surface area contributed by atoms with Crippen LogP contribution in [0, 0.1) is 5.82 Å². The number of rotatable bonds is 2. The van der Waals surface area contributed by atoms with Crippen molar-refractivity contribution in [1.82, 2.24) is 9.80 Å². The van der Waals surface area contributed by atoms with Crippen molar-refractivity contribution in [2.75, 3.05) is 31.5 Å². The van der Waals surface area contributed by atoms with E-state index < -0.39 is 0 Å². The lowest BCUT2D eigenvalue weighted by molar-refractivity contribution is 0.0762. The topological polar surface area (TPSA) is 52.7 Å². The molecule has 0 bridgehead atoms. The van der Waals surface area contributed by atoms with Gasteiger partial charge in [-0.1, -0.05) is 12.1 Å². The number of hydrogen-bond donors (Lipinski definition) is 1. The van der Waals surface area contributed by atoms with Crippen molar-refractivity contribution in [3.8, 4) is 0 Å². The molecule has 1 N–H and O–H groups in total. The van der Waals surface area contributed by atoms with Crippen molar-refractivity contribution in [3.63, 3.8) is 0 Å². The van der Waals surface area contributed by atoms with Gasteiger partial charge >= 0.3 is 6.03 Å². The molecule has 2 aromatic rings. The molecule has 136 valence electrons. The normalized spacial score (nSPS) is 14.7. The van der Waals surface area contributed by atoms with Gasteiger partial charge in [0.25, 0.3) is 5.91 Å². The summed E-state index contributed by atoms with van der Waals surface area (Å²) in [7, 11) is 0. The Morgan fingerprint density at radius 3 is 2.31 bits per heavy atom. The molecule has 0 radical (unpaired) electrons. The number of urea groups is 1. The second-order valence-corrected chi connectivity index (χ2v) is 6.90. The number of hydrogen-bond acceptors (Lipinski definition) is 2. The number of halogens is 2. The highest BCUT2D eigenvalue weighted by Gasteiger charge is 2.23. The van der Waals surface area contributed by atoms with Crippen LogP contribution < -0.4 is 5.32 Å². The van der Waals surface area contributed by atoms with E-state index in [1.165, 1.54) is 24.3 Å². The van der Waals surface area contributed by atoms with Crippen LogP contribution in [0.5, 0.6) is 0 Å². The van der Waals surface area contributed by atoms with Crippen molar-refractivity contribution in [3.05, 3.63) is 64.4 Å². The molecule has 3 amide bonds. The van der Waals surface area contributed by atoms with Gasteiger partial charge < -0.3 is 15.1 Å². The quantitative estimate of drug-likeness (QED) is 0.800. The number of carbonyl (C=O) groups is 2. The second-order valence-electron chi connectivity index (χ2n) is 6.05. The molecule has 0 aromatic heterocycles.